The summed E-state index contributed by atoms with van der Waals surface area (Å²) in [4.78, 5) is 36.9. The number of nitrogens with zero attached hydrogens (tertiary/aromatic N) is 1. The molecule has 0 aromatic carbocycles. The quantitative estimate of drug-likeness (QED) is 0.0221. The average Bonchev–Trinajstić information content (AvgIpc) is 3.14. The summed E-state index contributed by atoms with van der Waals surface area (Å²) in [7, 11) is 5.49. The van der Waals surface area contributed by atoms with Crippen LogP contribution in [0.1, 0.15) is 155 Å². The number of likely N-dealkylation sites (N-methyl/N-ethyl adjacent to an activating group) is 1. The van der Waals surface area contributed by atoms with Crippen LogP contribution in [0.3, 0.4) is 0 Å². The molecule has 314 valence electrons. The van der Waals surface area contributed by atoms with Gasteiger partial charge in [-0.1, -0.05) is 157 Å². The van der Waals surface area contributed by atoms with E-state index in [1.165, 1.54) is 70.6 Å². The number of carbonyl (C=O) groups is 3. The van der Waals surface area contributed by atoms with Gasteiger partial charge in [0, 0.05) is 19.3 Å². The van der Waals surface area contributed by atoms with E-state index in [4.69, 9.17) is 14.2 Å². The summed E-state index contributed by atoms with van der Waals surface area (Å²) in [6, 6.07) is -0.631. The number of carboxylic acid groups (broad SMARTS) is 1. The number of rotatable bonds is 37. The molecule has 0 aliphatic carbocycles. The third-order valence-corrected chi connectivity index (χ3v) is 9.22. The first-order valence-electron chi connectivity index (χ1n) is 21.5. The van der Waals surface area contributed by atoms with Crippen LogP contribution in [0.5, 0.6) is 0 Å². The molecule has 0 bridgehead atoms. The highest BCUT2D eigenvalue weighted by atomic mass is 16.6. The van der Waals surface area contributed by atoms with Crippen molar-refractivity contribution < 1.29 is 38.2 Å². The first-order chi connectivity index (χ1) is 26.6. The number of ether oxygens (including phenoxy) is 3. The molecule has 8 heteroatoms. The molecule has 1 N–H and O–H groups in total. The lowest BCUT2D eigenvalue weighted by Crippen LogP contribution is -2.50. The first-order valence-corrected chi connectivity index (χ1v) is 21.5. The van der Waals surface area contributed by atoms with E-state index in [9.17, 15) is 19.5 Å². The number of quaternary nitrogens is 1. The van der Waals surface area contributed by atoms with Crippen molar-refractivity contribution in [2.45, 2.75) is 167 Å². The predicted octanol–water partition coefficient (Wildman–Crippen LogP) is 11.6. The van der Waals surface area contributed by atoms with Crippen molar-refractivity contribution in [2.24, 2.45) is 0 Å². The van der Waals surface area contributed by atoms with Gasteiger partial charge in [-0.2, -0.15) is 0 Å². The highest BCUT2D eigenvalue weighted by Crippen LogP contribution is 2.13. The number of unbranched alkanes of at least 4 members (excludes halogenated alkanes) is 15. The Morgan fingerprint density at radius 2 is 1.05 bits per heavy atom. The van der Waals surface area contributed by atoms with E-state index in [0.29, 0.717) is 19.3 Å². The molecule has 0 aromatic rings. The maximum atomic E-state index is 12.7. The van der Waals surface area contributed by atoms with Crippen molar-refractivity contribution in [3.63, 3.8) is 0 Å². The van der Waals surface area contributed by atoms with Gasteiger partial charge >= 0.3 is 17.9 Å². The Morgan fingerprint density at radius 1 is 0.564 bits per heavy atom. The van der Waals surface area contributed by atoms with Gasteiger partial charge in [0.25, 0.3) is 0 Å². The van der Waals surface area contributed by atoms with Crippen LogP contribution in [0.4, 0.5) is 0 Å². The summed E-state index contributed by atoms with van der Waals surface area (Å²) in [6.45, 7) is 4.49. The largest absolute Gasteiger partial charge is 0.477 e. The molecule has 0 aromatic heterocycles. The van der Waals surface area contributed by atoms with Crippen LogP contribution in [0.2, 0.25) is 0 Å². The Morgan fingerprint density at radius 3 is 1.60 bits per heavy atom. The van der Waals surface area contributed by atoms with Gasteiger partial charge in [0.05, 0.1) is 34.4 Å². The molecular weight excluding hydrogens is 691 g/mol. The fourth-order valence-corrected chi connectivity index (χ4v) is 5.88. The summed E-state index contributed by atoms with van der Waals surface area (Å²) in [5.41, 5.74) is 0. The second-order valence-electron chi connectivity index (χ2n) is 15.3. The molecule has 8 nitrogen and oxygen atoms in total. The fourth-order valence-electron chi connectivity index (χ4n) is 5.88. The zero-order valence-electron chi connectivity index (χ0n) is 35.6. The van der Waals surface area contributed by atoms with Crippen molar-refractivity contribution in [1.29, 1.82) is 0 Å². The van der Waals surface area contributed by atoms with Crippen molar-refractivity contribution >= 4 is 17.9 Å². The molecule has 0 spiro atoms. The molecule has 0 aliphatic rings. The smallest absolute Gasteiger partial charge is 0.362 e. The maximum absolute atomic E-state index is 12.7. The number of carboxylic acids is 1. The molecule has 2 atom stereocenters. The zero-order valence-corrected chi connectivity index (χ0v) is 35.6. The molecule has 0 saturated carbocycles. The lowest BCUT2D eigenvalue weighted by molar-refractivity contribution is -0.887. The number of aliphatic carboxylic acids is 1. The predicted molar refractivity (Wildman–Crippen MR) is 229 cm³/mol. The highest BCUT2D eigenvalue weighted by molar-refractivity contribution is 5.72. The SMILES string of the molecule is CC/C=C/C=C/C=C/C=C/C=C/CCCC(=O)OC(COCCC(C(=O)O)[N+](C)(C)C)COC(=O)CCCCCCC/C=C/CCCCCCCCCCC. The maximum Gasteiger partial charge on any atom is 0.362 e. The average molecular weight is 771 g/mol. The Bertz CT molecular complexity index is 1130. The summed E-state index contributed by atoms with van der Waals surface area (Å²) < 4.78 is 17.2. The molecule has 0 radical (unpaired) electrons. The minimum Gasteiger partial charge on any atom is -0.477 e. The van der Waals surface area contributed by atoms with Gasteiger partial charge in [0.1, 0.15) is 6.61 Å². The molecule has 2 unspecified atom stereocenters. The van der Waals surface area contributed by atoms with E-state index in [2.05, 4.69) is 32.1 Å². The Labute approximate surface area is 336 Å². The van der Waals surface area contributed by atoms with Crippen molar-refractivity contribution in [2.75, 3.05) is 41.0 Å². The summed E-state index contributed by atoms with van der Waals surface area (Å²) in [5, 5.41) is 9.60. The van der Waals surface area contributed by atoms with Crippen molar-refractivity contribution in [1.82, 2.24) is 0 Å². The summed E-state index contributed by atoms with van der Waals surface area (Å²) in [5.74, 6) is -1.58. The fraction of sp³-hybridized carbons (Fsp3) is 0.681. The van der Waals surface area contributed by atoms with E-state index >= 15 is 0 Å². The monoisotopic (exact) mass is 771 g/mol. The molecule has 0 aliphatic heterocycles. The van der Waals surface area contributed by atoms with Gasteiger partial charge in [0.2, 0.25) is 0 Å². The van der Waals surface area contributed by atoms with Crippen LogP contribution in [-0.2, 0) is 28.6 Å². The van der Waals surface area contributed by atoms with E-state index < -0.39 is 18.1 Å². The van der Waals surface area contributed by atoms with E-state index in [1.807, 2.05) is 75.8 Å². The minimum atomic E-state index is -0.891. The molecule has 55 heavy (non-hydrogen) atoms. The lowest BCUT2D eigenvalue weighted by atomic mass is 10.1. The zero-order chi connectivity index (χ0) is 40.7. The standard InChI is InChI=1S/C47H79NO7/c1-6-8-10-12-14-16-18-20-21-22-23-24-26-27-29-31-33-35-37-45(49)54-42-43(41-53-40-39-44(47(51)52)48(3,4)5)55-46(50)38-36-34-32-30-28-25-19-17-15-13-11-9-7-2/h9,11,13,15,17,19,23-25,28,30,32,43-44H,6-8,10,12,14,16,18,20-22,26-27,29,31,33-42H2,1-5H3/p+1/b11-9+,15-13+,19-17+,24-23+,28-25+,32-30+. The van der Waals surface area contributed by atoms with Crippen LogP contribution in [0.25, 0.3) is 0 Å². The van der Waals surface area contributed by atoms with Crippen LogP contribution >= 0.6 is 0 Å². The second-order valence-corrected chi connectivity index (χ2v) is 15.3. The van der Waals surface area contributed by atoms with Gasteiger partial charge in [-0.3, -0.25) is 9.59 Å². The minimum absolute atomic E-state index is 0.0262. The number of hydrogen-bond donors (Lipinski definition) is 1. The third kappa shape index (κ3) is 36.2. The molecule has 0 saturated heterocycles. The number of allylic oxidation sites excluding steroid dienone is 12. The third-order valence-electron chi connectivity index (χ3n) is 9.22. The molecule has 0 rings (SSSR count). The summed E-state index contributed by atoms with van der Waals surface area (Å²) in [6.07, 6.45) is 46.8. The van der Waals surface area contributed by atoms with Crippen molar-refractivity contribution in [3.05, 3.63) is 72.9 Å². The Hall–Kier alpha value is -3.23. The van der Waals surface area contributed by atoms with Crippen LogP contribution < -0.4 is 0 Å². The van der Waals surface area contributed by atoms with Crippen molar-refractivity contribution in [3.8, 4) is 0 Å². The Kier molecular flexibility index (Phi) is 35.5. The molecule has 0 heterocycles. The summed E-state index contributed by atoms with van der Waals surface area (Å²) >= 11 is 0. The lowest BCUT2D eigenvalue weighted by Gasteiger charge is -2.31. The van der Waals surface area contributed by atoms with Gasteiger partial charge in [0.15, 0.2) is 12.1 Å². The number of hydrogen-bond acceptors (Lipinski definition) is 6. The van der Waals surface area contributed by atoms with E-state index in [0.717, 1.165) is 44.9 Å². The van der Waals surface area contributed by atoms with Crippen LogP contribution in [-0.4, -0.2) is 80.6 Å². The van der Waals surface area contributed by atoms with E-state index in [1.54, 1.807) is 0 Å². The topological polar surface area (TPSA) is 99.1 Å². The first kappa shape index (κ1) is 51.8. The highest BCUT2D eigenvalue weighted by Gasteiger charge is 2.31. The molecule has 0 amide bonds. The van der Waals surface area contributed by atoms with Crippen LogP contribution in [0.15, 0.2) is 72.9 Å². The van der Waals surface area contributed by atoms with Gasteiger partial charge in [-0.25, -0.2) is 4.79 Å². The van der Waals surface area contributed by atoms with Gasteiger partial charge < -0.3 is 23.8 Å². The van der Waals surface area contributed by atoms with Gasteiger partial charge in [-0.15, -0.1) is 0 Å². The number of carbonyl (C=O) groups excluding carboxylic acids is 2. The normalized spacial score (nSPS) is 13.7. The van der Waals surface area contributed by atoms with Crippen LogP contribution in [0, 0.1) is 0 Å². The molecular formula is C47H80NO7+. The number of esters is 2. The molecule has 0 fully saturated rings. The van der Waals surface area contributed by atoms with E-state index in [-0.39, 0.29) is 42.7 Å². The van der Waals surface area contributed by atoms with Gasteiger partial charge in [-0.05, 0) is 51.4 Å². The Balaban J connectivity index is 4.44. The second kappa shape index (κ2) is 37.7.